The van der Waals surface area contributed by atoms with Crippen molar-refractivity contribution in [2.75, 3.05) is 0 Å². The van der Waals surface area contributed by atoms with Gasteiger partial charge in [-0.15, -0.1) is 0 Å². The first-order valence-electron chi connectivity index (χ1n) is 5.61. The zero-order chi connectivity index (χ0) is 13.8. The van der Waals surface area contributed by atoms with Crippen LogP contribution in [0.4, 0.5) is 10.5 Å². The number of nitrogens with zero attached hydrogens (tertiary/aromatic N) is 3. The molecule has 1 unspecified atom stereocenters. The summed E-state index contributed by atoms with van der Waals surface area (Å²) in [6.07, 6.45) is 4.41. The third-order valence-electron chi connectivity index (χ3n) is 2.66. The molecule has 0 saturated heterocycles. The normalized spacial score (nSPS) is 11.8. The van der Waals surface area contributed by atoms with E-state index in [4.69, 9.17) is 0 Å². The molecule has 0 saturated carbocycles. The van der Waals surface area contributed by atoms with Crippen LogP contribution in [-0.4, -0.2) is 20.5 Å². The maximum absolute atomic E-state index is 11.8. The van der Waals surface area contributed by atoms with Crippen LogP contribution in [0.25, 0.3) is 0 Å². The largest absolute Gasteiger partial charge is 0.331 e. The number of rotatable bonds is 3. The van der Waals surface area contributed by atoms with Gasteiger partial charge in [-0.1, -0.05) is 12.1 Å². The third kappa shape index (κ3) is 2.95. The van der Waals surface area contributed by atoms with E-state index in [1.54, 1.807) is 19.1 Å². The molecule has 1 aromatic heterocycles. The van der Waals surface area contributed by atoms with Gasteiger partial charge in [0.25, 0.3) is 5.69 Å². The Morgan fingerprint density at radius 2 is 2.32 bits per heavy atom. The van der Waals surface area contributed by atoms with Gasteiger partial charge in [0.15, 0.2) is 0 Å². The summed E-state index contributed by atoms with van der Waals surface area (Å²) in [6.45, 7) is 1.76. The number of amides is 1. The smallest absolute Gasteiger partial charge is 0.327 e. The van der Waals surface area contributed by atoms with Crippen LogP contribution in [0.1, 0.15) is 18.5 Å². The fraction of sp³-hybridized carbons (Fsp3) is 0.167. The van der Waals surface area contributed by atoms with Crippen molar-refractivity contribution < 1.29 is 9.72 Å². The summed E-state index contributed by atoms with van der Waals surface area (Å²) in [4.78, 5) is 25.8. The number of benzene rings is 1. The van der Waals surface area contributed by atoms with Gasteiger partial charge in [0, 0.05) is 24.5 Å². The number of hydrogen-bond acceptors (Lipinski definition) is 4. The maximum atomic E-state index is 11.8. The fourth-order valence-electron chi connectivity index (χ4n) is 1.63. The van der Waals surface area contributed by atoms with Crippen molar-refractivity contribution in [3.05, 3.63) is 58.7 Å². The molecule has 1 N–H and O–H groups in total. The molecule has 2 aromatic rings. The van der Waals surface area contributed by atoms with Gasteiger partial charge in [0.1, 0.15) is 6.33 Å². The van der Waals surface area contributed by atoms with Gasteiger partial charge in [0.2, 0.25) is 0 Å². The number of nitro groups is 1. The Morgan fingerprint density at radius 1 is 1.53 bits per heavy atom. The molecule has 1 aromatic carbocycles. The molecule has 0 bridgehead atoms. The van der Waals surface area contributed by atoms with Gasteiger partial charge >= 0.3 is 6.03 Å². The summed E-state index contributed by atoms with van der Waals surface area (Å²) in [5, 5.41) is 13.4. The Labute approximate surface area is 109 Å². The number of non-ortho nitro benzene ring substituents is 1. The van der Waals surface area contributed by atoms with E-state index in [0.29, 0.717) is 5.56 Å². The predicted molar refractivity (Wildman–Crippen MR) is 67.7 cm³/mol. The lowest BCUT2D eigenvalue weighted by Gasteiger charge is -2.14. The molecule has 98 valence electrons. The molecule has 7 nitrogen and oxygen atoms in total. The maximum Gasteiger partial charge on any atom is 0.327 e. The first kappa shape index (κ1) is 12.7. The Kier molecular flexibility index (Phi) is 3.56. The van der Waals surface area contributed by atoms with Crippen LogP contribution in [0.3, 0.4) is 0 Å². The second-order valence-corrected chi connectivity index (χ2v) is 3.99. The molecule has 0 spiro atoms. The summed E-state index contributed by atoms with van der Waals surface area (Å²) in [7, 11) is 0. The average Bonchev–Trinajstić information content (AvgIpc) is 2.92. The van der Waals surface area contributed by atoms with Crippen molar-refractivity contribution in [1.82, 2.24) is 14.9 Å². The van der Waals surface area contributed by atoms with Gasteiger partial charge in [-0.3, -0.25) is 14.7 Å². The van der Waals surface area contributed by atoms with Crippen LogP contribution in [-0.2, 0) is 0 Å². The van der Waals surface area contributed by atoms with Crippen molar-refractivity contribution >= 4 is 11.7 Å². The van der Waals surface area contributed by atoms with Crippen LogP contribution in [0, 0.1) is 10.1 Å². The predicted octanol–water partition coefficient (Wildman–Crippen LogP) is 2.11. The highest BCUT2D eigenvalue weighted by molar-refractivity contribution is 5.76. The van der Waals surface area contributed by atoms with E-state index in [-0.39, 0.29) is 17.8 Å². The molecule has 7 heteroatoms. The quantitative estimate of drug-likeness (QED) is 0.676. The Hall–Kier alpha value is -2.70. The Balaban J connectivity index is 2.11. The molecule has 19 heavy (non-hydrogen) atoms. The highest BCUT2D eigenvalue weighted by Gasteiger charge is 2.13. The lowest BCUT2D eigenvalue weighted by atomic mass is 10.1. The van der Waals surface area contributed by atoms with E-state index in [9.17, 15) is 14.9 Å². The average molecular weight is 260 g/mol. The van der Waals surface area contributed by atoms with E-state index >= 15 is 0 Å². The molecule has 1 amide bonds. The van der Waals surface area contributed by atoms with E-state index < -0.39 is 4.92 Å². The Bertz CT molecular complexity index is 595. The summed E-state index contributed by atoms with van der Waals surface area (Å²) >= 11 is 0. The number of carbonyl (C=O) groups is 1. The van der Waals surface area contributed by atoms with Gasteiger partial charge in [0.05, 0.1) is 11.0 Å². The van der Waals surface area contributed by atoms with Crippen molar-refractivity contribution in [3.63, 3.8) is 0 Å². The second-order valence-electron chi connectivity index (χ2n) is 3.99. The standard InChI is InChI=1S/C12H12N4O3/c1-9(14-12(17)15-6-5-13-8-15)10-3-2-4-11(7-10)16(18)19/h2-9H,1H3,(H,14,17). The molecule has 2 rings (SSSR count). The number of carbonyl (C=O) groups excluding carboxylic acids is 1. The monoisotopic (exact) mass is 260 g/mol. The summed E-state index contributed by atoms with van der Waals surface area (Å²) in [5.74, 6) is 0. The minimum Gasteiger partial charge on any atom is -0.331 e. The molecule has 0 aliphatic heterocycles. The highest BCUT2D eigenvalue weighted by atomic mass is 16.6. The fourth-order valence-corrected chi connectivity index (χ4v) is 1.63. The number of imidazole rings is 1. The van der Waals surface area contributed by atoms with E-state index in [1.807, 2.05) is 0 Å². The zero-order valence-corrected chi connectivity index (χ0v) is 10.2. The molecular formula is C12H12N4O3. The van der Waals surface area contributed by atoms with Crippen molar-refractivity contribution in [1.29, 1.82) is 0 Å². The molecule has 0 aliphatic carbocycles. The van der Waals surface area contributed by atoms with Crippen LogP contribution in [0.5, 0.6) is 0 Å². The van der Waals surface area contributed by atoms with Crippen molar-refractivity contribution in [2.45, 2.75) is 13.0 Å². The third-order valence-corrected chi connectivity index (χ3v) is 2.66. The molecule has 0 aliphatic rings. The molecule has 1 atom stereocenters. The summed E-state index contributed by atoms with van der Waals surface area (Å²) in [6, 6.07) is 5.50. The lowest BCUT2D eigenvalue weighted by molar-refractivity contribution is -0.384. The molecule has 0 fully saturated rings. The van der Waals surface area contributed by atoms with E-state index in [0.717, 1.165) is 0 Å². The molecular weight excluding hydrogens is 248 g/mol. The minimum absolute atomic E-state index is 0.00114. The minimum atomic E-state index is -0.464. The highest BCUT2D eigenvalue weighted by Crippen LogP contribution is 2.18. The first-order chi connectivity index (χ1) is 9.08. The van der Waals surface area contributed by atoms with Crippen molar-refractivity contribution in [2.24, 2.45) is 0 Å². The number of nitrogens with one attached hydrogen (secondary N) is 1. The van der Waals surface area contributed by atoms with E-state index in [1.165, 1.54) is 35.4 Å². The topological polar surface area (TPSA) is 90.1 Å². The summed E-state index contributed by atoms with van der Waals surface area (Å²) < 4.78 is 1.30. The van der Waals surface area contributed by atoms with Gasteiger partial charge in [-0.2, -0.15) is 0 Å². The lowest BCUT2D eigenvalue weighted by Crippen LogP contribution is -2.30. The van der Waals surface area contributed by atoms with Crippen molar-refractivity contribution in [3.8, 4) is 0 Å². The van der Waals surface area contributed by atoms with Crippen LogP contribution >= 0.6 is 0 Å². The van der Waals surface area contributed by atoms with Crippen LogP contribution in [0.15, 0.2) is 43.0 Å². The Morgan fingerprint density at radius 3 is 2.95 bits per heavy atom. The second kappa shape index (κ2) is 5.30. The van der Waals surface area contributed by atoms with Crippen LogP contribution in [0.2, 0.25) is 0 Å². The van der Waals surface area contributed by atoms with Gasteiger partial charge < -0.3 is 5.32 Å². The van der Waals surface area contributed by atoms with Crippen LogP contribution < -0.4 is 5.32 Å². The number of nitro benzene ring substituents is 1. The number of hydrogen-bond donors (Lipinski definition) is 1. The van der Waals surface area contributed by atoms with Gasteiger partial charge in [-0.25, -0.2) is 9.78 Å². The summed E-state index contributed by atoms with van der Waals surface area (Å²) in [5.41, 5.74) is 0.670. The molecule has 1 heterocycles. The van der Waals surface area contributed by atoms with Gasteiger partial charge in [-0.05, 0) is 12.5 Å². The number of aromatic nitrogens is 2. The first-order valence-corrected chi connectivity index (χ1v) is 5.61. The zero-order valence-electron chi connectivity index (χ0n) is 10.2. The SMILES string of the molecule is CC(NC(=O)n1ccnc1)c1cccc([N+](=O)[O-])c1. The van der Waals surface area contributed by atoms with E-state index in [2.05, 4.69) is 10.3 Å². The molecule has 0 radical (unpaired) electrons.